The lowest BCUT2D eigenvalue weighted by Crippen LogP contribution is -2.47. The Morgan fingerprint density at radius 2 is 1.89 bits per heavy atom. The van der Waals surface area contributed by atoms with Crippen LogP contribution in [-0.4, -0.2) is 17.1 Å². The first-order valence-electron chi connectivity index (χ1n) is 8.74. The number of ether oxygens (including phenoxy) is 1. The van der Waals surface area contributed by atoms with Crippen molar-refractivity contribution in [2.75, 3.05) is 0 Å². The Balaban J connectivity index is 1.30. The fraction of sp³-hybridized carbons (Fsp3) is 0.200. The van der Waals surface area contributed by atoms with E-state index in [1.165, 1.54) is 0 Å². The standard InChI is InChI=1S/C20H19N3O3S/c24-19(22-23-20(27)21-15-6-7-15)18-10-9-17(26-18)12-25-16-8-5-13-3-1-2-4-14(13)11-16/h1-5,8-11,15H,6-7,12H2,(H,22,24)(H2,21,23,27). The van der Waals surface area contributed by atoms with Gasteiger partial charge in [0.25, 0.3) is 0 Å². The molecular weight excluding hydrogens is 362 g/mol. The molecule has 3 N–H and O–H groups in total. The molecule has 0 radical (unpaired) electrons. The SMILES string of the molecule is O=C(NNC(=S)NC1CC1)c1ccc(COc2ccc3ccccc3c2)o1. The molecule has 6 nitrogen and oxygen atoms in total. The largest absolute Gasteiger partial charge is 0.486 e. The van der Waals surface area contributed by atoms with Gasteiger partial charge in [0.1, 0.15) is 18.1 Å². The molecule has 0 spiro atoms. The third-order valence-electron chi connectivity index (χ3n) is 4.19. The van der Waals surface area contributed by atoms with Crippen molar-refractivity contribution in [3.8, 4) is 5.75 Å². The Bertz CT molecular complexity index is 981. The molecule has 1 amide bonds. The fourth-order valence-corrected chi connectivity index (χ4v) is 2.83. The first kappa shape index (κ1) is 17.4. The Kier molecular flexibility index (Phi) is 4.93. The molecule has 27 heavy (non-hydrogen) atoms. The van der Waals surface area contributed by atoms with Crippen molar-refractivity contribution in [1.82, 2.24) is 16.2 Å². The van der Waals surface area contributed by atoms with Crippen LogP contribution in [0.4, 0.5) is 0 Å². The van der Waals surface area contributed by atoms with Gasteiger partial charge in [0.2, 0.25) is 0 Å². The number of fused-ring (bicyclic) bond motifs is 1. The van der Waals surface area contributed by atoms with Gasteiger partial charge in [-0.1, -0.05) is 30.3 Å². The first-order valence-corrected chi connectivity index (χ1v) is 9.15. The van der Waals surface area contributed by atoms with E-state index < -0.39 is 5.91 Å². The molecule has 0 atom stereocenters. The molecule has 0 unspecified atom stereocenters. The summed E-state index contributed by atoms with van der Waals surface area (Å²) in [6.07, 6.45) is 2.21. The van der Waals surface area contributed by atoms with Crippen molar-refractivity contribution in [3.05, 3.63) is 66.1 Å². The zero-order valence-corrected chi connectivity index (χ0v) is 15.3. The summed E-state index contributed by atoms with van der Waals surface area (Å²) in [4.78, 5) is 12.1. The summed E-state index contributed by atoms with van der Waals surface area (Å²) in [7, 11) is 0. The van der Waals surface area contributed by atoms with Crippen LogP contribution >= 0.6 is 12.2 Å². The summed E-state index contributed by atoms with van der Waals surface area (Å²) >= 11 is 5.09. The Hall–Kier alpha value is -3.06. The van der Waals surface area contributed by atoms with Gasteiger partial charge in [0.15, 0.2) is 10.9 Å². The average molecular weight is 381 g/mol. The molecule has 1 aliphatic rings. The number of thiocarbonyl (C=S) groups is 1. The predicted molar refractivity (Wildman–Crippen MR) is 106 cm³/mol. The summed E-state index contributed by atoms with van der Waals surface area (Å²) in [6.45, 7) is 0.237. The molecule has 1 fully saturated rings. The summed E-state index contributed by atoms with van der Waals surface area (Å²) < 4.78 is 11.3. The van der Waals surface area contributed by atoms with Crippen LogP contribution in [0.3, 0.4) is 0 Å². The van der Waals surface area contributed by atoms with Gasteiger partial charge in [-0.2, -0.15) is 0 Å². The van der Waals surface area contributed by atoms with E-state index in [9.17, 15) is 4.79 Å². The number of rotatable bonds is 5. The molecule has 1 heterocycles. The number of hydrogen-bond acceptors (Lipinski definition) is 4. The highest BCUT2D eigenvalue weighted by Gasteiger charge is 2.22. The monoisotopic (exact) mass is 381 g/mol. The van der Waals surface area contributed by atoms with Crippen LogP contribution in [0.2, 0.25) is 0 Å². The molecule has 7 heteroatoms. The number of carbonyl (C=O) groups is 1. The smallest absolute Gasteiger partial charge is 0.305 e. The Labute approximate surface area is 161 Å². The second kappa shape index (κ2) is 7.67. The average Bonchev–Trinajstić information content (AvgIpc) is 3.37. The van der Waals surface area contributed by atoms with E-state index in [-0.39, 0.29) is 12.4 Å². The van der Waals surface area contributed by atoms with E-state index in [1.54, 1.807) is 12.1 Å². The molecular formula is C20H19N3O3S. The number of carbonyl (C=O) groups excluding carboxylic acids is 1. The topological polar surface area (TPSA) is 75.5 Å². The van der Waals surface area contributed by atoms with E-state index >= 15 is 0 Å². The summed E-state index contributed by atoms with van der Waals surface area (Å²) in [5.74, 6) is 1.10. The van der Waals surface area contributed by atoms with Crippen molar-refractivity contribution in [1.29, 1.82) is 0 Å². The molecule has 0 saturated heterocycles. The van der Waals surface area contributed by atoms with Crippen molar-refractivity contribution >= 4 is 34.0 Å². The number of hydrogen-bond donors (Lipinski definition) is 3. The van der Waals surface area contributed by atoms with Crippen LogP contribution in [-0.2, 0) is 6.61 Å². The number of hydrazine groups is 1. The third-order valence-corrected chi connectivity index (χ3v) is 4.41. The van der Waals surface area contributed by atoms with Gasteiger partial charge in [-0.05, 0) is 60.1 Å². The minimum Gasteiger partial charge on any atom is -0.486 e. The summed E-state index contributed by atoms with van der Waals surface area (Å²) in [6, 6.07) is 17.7. The van der Waals surface area contributed by atoms with E-state index in [0.29, 0.717) is 16.9 Å². The molecule has 2 aromatic carbocycles. The van der Waals surface area contributed by atoms with Gasteiger partial charge in [-0.25, -0.2) is 0 Å². The highest BCUT2D eigenvalue weighted by molar-refractivity contribution is 7.80. The second-order valence-corrected chi connectivity index (χ2v) is 6.80. The van der Waals surface area contributed by atoms with Crippen LogP contribution in [0.1, 0.15) is 29.2 Å². The fourth-order valence-electron chi connectivity index (χ4n) is 2.61. The van der Waals surface area contributed by atoms with Crippen LogP contribution in [0.25, 0.3) is 10.8 Å². The number of furan rings is 1. The van der Waals surface area contributed by atoms with Gasteiger partial charge >= 0.3 is 5.91 Å². The minimum absolute atomic E-state index is 0.189. The van der Waals surface area contributed by atoms with Crippen molar-refractivity contribution in [3.63, 3.8) is 0 Å². The highest BCUT2D eigenvalue weighted by Crippen LogP contribution is 2.22. The lowest BCUT2D eigenvalue weighted by molar-refractivity contribution is 0.0911. The lowest BCUT2D eigenvalue weighted by atomic mass is 10.1. The molecule has 1 saturated carbocycles. The number of benzene rings is 2. The van der Waals surface area contributed by atoms with Crippen molar-refractivity contribution in [2.24, 2.45) is 0 Å². The van der Waals surface area contributed by atoms with Crippen LogP contribution in [0.5, 0.6) is 5.75 Å². The zero-order valence-electron chi connectivity index (χ0n) is 14.5. The molecule has 138 valence electrons. The first-order chi connectivity index (χ1) is 13.2. The summed E-state index contributed by atoms with van der Waals surface area (Å²) in [5, 5.41) is 5.74. The molecule has 3 aromatic rings. The Morgan fingerprint density at radius 1 is 1.07 bits per heavy atom. The highest BCUT2D eigenvalue weighted by atomic mass is 32.1. The summed E-state index contributed by atoms with van der Waals surface area (Å²) in [5.41, 5.74) is 5.18. The van der Waals surface area contributed by atoms with E-state index in [1.807, 2.05) is 36.4 Å². The van der Waals surface area contributed by atoms with E-state index in [4.69, 9.17) is 21.4 Å². The second-order valence-electron chi connectivity index (χ2n) is 6.39. The van der Waals surface area contributed by atoms with Crippen LogP contribution < -0.4 is 20.9 Å². The zero-order chi connectivity index (χ0) is 18.6. The van der Waals surface area contributed by atoms with Crippen molar-refractivity contribution in [2.45, 2.75) is 25.5 Å². The molecule has 0 bridgehead atoms. The third kappa shape index (κ3) is 4.57. The number of nitrogens with one attached hydrogen (secondary N) is 3. The van der Waals surface area contributed by atoms with Crippen molar-refractivity contribution < 1.29 is 13.9 Å². The van der Waals surface area contributed by atoms with Crippen LogP contribution in [0.15, 0.2) is 59.0 Å². The minimum atomic E-state index is -0.396. The molecule has 1 aromatic heterocycles. The van der Waals surface area contributed by atoms with Gasteiger partial charge in [0.05, 0.1) is 0 Å². The van der Waals surface area contributed by atoms with Gasteiger partial charge < -0.3 is 14.5 Å². The molecule has 4 rings (SSSR count). The maximum absolute atomic E-state index is 12.1. The maximum atomic E-state index is 12.1. The van der Waals surface area contributed by atoms with Gasteiger partial charge in [0, 0.05) is 6.04 Å². The van der Waals surface area contributed by atoms with Gasteiger partial charge in [-0.3, -0.25) is 15.6 Å². The quantitative estimate of drug-likeness (QED) is 0.465. The van der Waals surface area contributed by atoms with E-state index in [0.717, 1.165) is 29.4 Å². The Morgan fingerprint density at radius 3 is 2.70 bits per heavy atom. The lowest BCUT2D eigenvalue weighted by Gasteiger charge is -2.09. The maximum Gasteiger partial charge on any atom is 0.305 e. The van der Waals surface area contributed by atoms with Crippen LogP contribution in [0, 0.1) is 0 Å². The molecule has 0 aliphatic heterocycles. The van der Waals surface area contributed by atoms with Gasteiger partial charge in [-0.15, -0.1) is 0 Å². The predicted octanol–water partition coefficient (Wildman–Crippen LogP) is 3.28. The molecule has 1 aliphatic carbocycles. The van der Waals surface area contributed by atoms with E-state index in [2.05, 4.69) is 22.2 Å². The number of amides is 1. The normalized spacial score (nSPS) is 13.2.